The van der Waals surface area contributed by atoms with E-state index in [-0.39, 0.29) is 10.8 Å². The molecule has 0 aliphatic heterocycles. The summed E-state index contributed by atoms with van der Waals surface area (Å²) in [5, 5.41) is 2.45. The number of benzene rings is 9. The summed E-state index contributed by atoms with van der Waals surface area (Å²) < 4.78 is 0. The second kappa shape index (κ2) is 14.6. The molecule has 9 aromatic carbocycles. The fourth-order valence-corrected chi connectivity index (χ4v) is 10.2. The van der Waals surface area contributed by atoms with Crippen LogP contribution in [0.15, 0.2) is 206 Å². The molecule has 298 valence electrons. The molecule has 0 spiro atoms. The SMILES string of the molecule is CC1(C)c2ccccc2-c2ccc(N(c3ccc(C=Cc4ccc(N(c5ccccc5)c5cccc6ccccc56)cc4)cc3)c3ccc4c(c3)C(C)(C)c3ccccc3-4)cc21. The molecular weight excluding hydrogens is 749 g/mol. The molecule has 2 aliphatic rings. The molecular formula is C60H48N2. The molecule has 0 saturated heterocycles. The first-order valence-corrected chi connectivity index (χ1v) is 21.8. The second-order valence-corrected chi connectivity index (χ2v) is 17.8. The molecule has 0 amide bonds. The van der Waals surface area contributed by atoms with Crippen molar-refractivity contribution in [2.24, 2.45) is 0 Å². The number of hydrogen-bond donors (Lipinski definition) is 0. The molecule has 2 nitrogen and oxygen atoms in total. The second-order valence-electron chi connectivity index (χ2n) is 17.8. The van der Waals surface area contributed by atoms with Gasteiger partial charge in [-0.15, -0.1) is 0 Å². The van der Waals surface area contributed by atoms with Crippen LogP contribution in [0.4, 0.5) is 34.1 Å². The zero-order valence-corrected chi connectivity index (χ0v) is 35.7. The molecule has 0 atom stereocenters. The van der Waals surface area contributed by atoms with Crippen molar-refractivity contribution < 1.29 is 0 Å². The van der Waals surface area contributed by atoms with Crippen molar-refractivity contribution in [3.8, 4) is 22.3 Å². The third kappa shape index (κ3) is 6.17. The van der Waals surface area contributed by atoms with E-state index in [0.29, 0.717) is 0 Å². The van der Waals surface area contributed by atoms with E-state index in [0.717, 1.165) is 45.3 Å². The molecule has 9 aromatic rings. The third-order valence-electron chi connectivity index (χ3n) is 13.4. The molecule has 0 N–H and O–H groups in total. The maximum Gasteiger partial charge on any atom is 0.0540 e. The van der Waals surface area contributed by atoms with Gasteiger partial charge in [-0.3, -0.25) is 0 Å². The lowest BCUT2D eigenvalue weighted by Gasteiger charge is -2.29. The zero-order valence-electron chi connectivity index (χ0n) is 35.7. The van der Waals surface area contributed by atoms with Crippen LogP contribution in [-0.4, -0.2) is 0 Å². The van der Waals surface area contributed by atoms with Crippen LogP contribution in [-0.2, 0) is 10.8 Å². The Morgan fingerprint density at radius 1 is 0.323 bits per heavy atom. The van der Waals surface area contributed by atoms with Crippen molar-refractivity contribution in [1.82, 2.24) is 0 Å². The number of fused-ring (bicyclic) bond motifs is 7. The summed E-state index contributed by atoms with van der Waals surface area (Å²) in [5.41, 5.74) is 19.8. The zero-order chi connectivity index (χ0) is 42.0. The minimum atomic E-state index is -0.0994. The first-order valence-electron chi connectivity index (χ1n) is 21.8. The highest BCUT2D eigenvalue weighted by Crippen LogP contribution is 2.53. The minimum absolute atomic E-state index is 0.0994. The monoisotopic (exact) mass is 796 g/mol. The molecule has 11 rings (SSSR count). The van der Waals surface area contributed by atoms with Crippen LogP contribution in [0.3, 0.4) is 0 Å². The molecule has 2 aliphatic carbocycles. The number of hydrogen-bond acceptors (Lipinski definition) is 2. The highest BCUT2D eigenvalue weighted by atomic mass is 15.1. The summed E-state index contributed by atoms with van der Waals surface area (Å²) >= 11 is 0. The van der Waals surface area contributed by atoms with Crippen molar-refractivity contribution in [2.45, 2.75) is 38.5 Å². The average Bonchev–Trinajstić information content (AvgIpc) is 3.69. The maximum absolute atomic E-state index is 2.44. The van der Waals surface area contributed by atoms with E-state index in [1.807, 2.05) is 0 Å². The molecule has 0 unspecified atom stereocenters. The number of rotatable bonds is 8. The lowest BCUT2D eigenvalue weighted by Crippen LogP contribution is -2.18. The standard InChI is InChI=1S/C60H48N2/c1-59(2)54-22-12-10-20-50(54)52-37-35-47(39-56(52)59)61(48-36-38-53-51-21-11-13-23-55(51)60(3,4)57(53)40-48)45-31-27-41(28-32-45)25-26-42-29-33-46(34-30-42)62(44-17-6-5-7-18-44)58-24-14-16-43-15-8-9-19-49(43)58/h5-40H,1-4H3. The van der Waals surface area contributed by atoms with Gasteiger partial charge in [0.05, 0.1) is 5.69 Å². The number of anilines is 6. The summed E-state index contributed by atoms with van der Waals surface area (Å²) in [6.45, 7) is 9.44. The first-order chi connectivity index (χ1) is 30.3. The van der Waals surface area contributed by atoms with Crippen LogP contribution in [0.5, 0.6) is 0 Å². The topological polar surface area (TPSA) is 6.48 Å². The van der Waals surface area contributed by atoms with Gasteiger partial charge in [0.1, 0.15) is 0 Å². The summed E-state index contributed by atoms with van der Waals surface area (Å²) in [6, 6.07) is 75.6. The predicted molar refractivity (Wildman–Crippen MR) is 264 cm³/mol. The number of nitrogens with zero attached hydrogens (tertiary/aromatic N) is 2. The smallest absolute Gasteiger partial charge is 0.0540 e. The van der Waals surface area contributed by atoms with Gasteiger partial charge in [0.15, 0.2) is 0 Å². The number of para-hydroxylation sites is 1. The fourth-order valence-electron chi connectivity index (χ4n) is 10.2. The molecule has 0 heterocycles. The van der Waals surface area contributed by atoms with Crippen molar-refractivity contribution in [2.75, 3.05) is 9.80 Å². The van der Waals surface area contributed by atoms with Gasteiger partial charge in [0, 0.05) is 44.7 Å². The van der Waals surface area contributed by atoms with E-state index < -0.39 is 0 Å². The lowest BCUT2D eigenvalue weighted by atomic mass is 9.82. The maximum atomic E-state index is 2.44. The molecule has 62 heavy (non-hydrogen) atoms. The normalized spacial score (nSPS) is 14.0. The fraction of sp³-hybridized carbons (Fsp3) is 0.100. The molecule has 0 bridgehead atoms. The van der Waals surface area contributed by atoms with Crippen LogP contribution in [0, 0.1) is 0 Å². The van der Waals surface area contributed by atoms with Gasteiger partial charge in [-0.05, 0) is 128 Å². The highest BCUT2D eigenvalue weighted by Gasteiger charge is 2.37. The Morgan fingerprint density at radius 2 is 0.742 bits per heavy atom. The van der Waals surface area contributed by atoms with E-state index in [9.17, 15) is 0 Å². The highest BCUT2D eigenvalue weighted by molar-refractivity contribution is 5.99. The first kappa shape index (κ1) is 37.6. The van der Waals surface area contributed by atoms with Crippen molar-refractivity contribution in [3.63, 3.8) is 0 Å². The summed E-state index contributed by atoms with van der Waals surface area (Å²) in [7, 11) is 0. The molecule has 0 saturated carbocycles. The third-order valence-corrected chi connectivity index (χ3v) is 13.4. The molecule has 0 radical (unpaired) electrons. The van der Waals surface area contributed by atoms with Gasteiger partial charge in [0.2, 0.25) is 0 Å². The van der Waals surface area contributed by atoms with E-state index in [1.165, 1.54) is 55.3 Å². The van der Waals surface area contributed by atoms with Crippen LogP contribution in [0.2, 0.25) is 0 Å². The van der Waals surface area contributed by atoms with E-state index in [2.05, 4.69) is 256 Å². The van der Waals surface area contributed by atoms with Crippen molar-refractivity contribution in [3.05, 3.63) is 240 Å². The van der Waals surface area contributed by atoms with E-state index >= 15 is 0 Å². The van der Waals surface area contributed by atoms with Crippen LogP contribution in [0.25, 0.3) is 45.2 Å². The van der Waals surface area contributed by atoms with Crippen LogP contribution in [0.1, 0.15) is 61.1 Å². The van der Waals surface area contributed by atoms with Crippen molar-refractivity contribution in [1.29, 1.82) is 0 Å². The van der Waals surface area contributed by atoms with Gasteiger partial charge in [-0.1, -0.05) is 179 Å². The van der Waals surface area contributed by atoms with E-state index in [4.69, 9.17) is 0 Å². The minimum Gasteiger partial charge on any atom is -0.310 e. The Labute approximate surface area is 365 Å². The Bertz CT molecular complexity index is 3060. The molecule has 2 heteroatoms. The quantitative estimate of drug-likeness (QED) is 0.141. The Hall–Kier alpha value is -7.42. The average molecular weight is 797 g/mol. The predicted octanol–water partition coefficient (Wildman–Crippen LogP) is 16.6. The largest absolute Gasteiger partial charge is 0.310 e. The Kier molecular flexibility index (Phi) is 8.87. The van der Waals surface area contributed by atoms with Gasteiger partial charge < -0.3 is 9.80 Å². The van der Waals surface area contributed by atoms with Crippen LogP contribution < -0.4 is 9.80 Å². The van der Waals surface area contributed by atoms with Crippen molar-refractivity contribution >= 4 is 57.0 Å². The Morgan fingerprint density at radius 3 is 1.31 bits per heavy atom. The summed E-state index contributed by atoms with van der Waals surface area (Å²) in [4.78, 5) is 4.79. The summed E-state index contributed by atoms with van der Waals surface area (Å²) in [5.74, 6) is 0. The van der Waals surface area contributed by atoms with Gasteiger partial charge >= 0.3 is 0 Å². The summed E-state index contributed by atoms with van der Waals surface area (Å²) in [6.07, 6.45) is 4.43. The molecule has 0 fully saturated rings. The van der Waals surface area contributed by atoms with Gasteiger partial charge in [-0.2, -0.15) is 0 Å². The van der Waals surface area contributed by atoms with Gasteiger partial charge in [0.25, 0.3) is 0 Å². The van der Waals surface area contributed by atoms with Gasteiger partial charge in [-0.25, -0.2) is 0 Å². The van der Waals surface area contributed by atoms with Crippen LogP contribution >= 0.6 is 0 Å². The van der Waals surface area contributed by atoms with E-state index in [1.54, 1.807) is 0 Å². The lowest BCUT2D eigenvalue weighted by molar-refractivity contribution is 0.660. The molecule has 0 aromatic heterocycles. The Balaban J connectivity index is 0.930.